The fraction of sp³-hybridized carbons (Fsp3) is 0.550. The molecule has 2 N–H and O–H groups in total. The van der Waals surface area contributed by atoms with Crippen molar-refractivity contribution in [3.8, 4) is 0 Å². The van der Waals surface area contributed by atoms with E-state index in [0.717, 1.165) is 49.0 Å². The van der Waals surface area contributed by atoms with Gasteiger partial charge in [-0.05, 0) is 24.6 Å². The number of guanidine groups is 1. The van der Waals surface area contributed by atoms with Gasteiger partial charge in [0, 0.05) is 52.0 Å². The van der Waals surface area contributed by atoms with Crippen LogP contribution in [0.3, 0.4) is 0 Å². The van der Waals surface area contributed by atoms with Crippen molar-refractivity contribution in [2.45, 2.75) is 32.9 Å². The molecule has 0 amide bonds. The number of anilines is 1. The van der Waals surface area contributed by atoms with E-state index in [1.165, 1.54) is 0 Å². The van der Waals surface area contributed by atoms with Gasteiger partial charge in [-0.1, -0.05) is 25.1 Å². The van der Waals surface area contributed by atoms with Crippen LogP contribution >= 0.6 is 0 Å². The lowest BCUT2D eigenvalue weighted by Gasteiger charge is -2.33. The van der Waals surface area contributed by atoms with Gasteiger partial charge in [0.15, 0.2) is 11.7 Å². The summed E-state index contributed by atoms with van der Waals surface area (Å²) in [4.78, 5) is 13.6. The Balaban J connectivity index is 1.46. The number of nitrogens with zero attached hydrogens (tertiary/aromatic N) is 5. The number of pyridine rings is 1. The topological polar surface area (TPSA) is 81.8 Å². The van der Waals surface area contributed by atoms with Gasteiger partial charge in [0.25, 0.3) is 0 Å². The van der Waals surface area contributed by atoms with E-state index in [2.05, 4.69) is 68.6 Å². The minimum Gasteiger partial charge on any atom is -0.359 e. The highest BCUT2D eigenvalue weighted by Crippen LogP contribution is 2.14. The molecule has 1 aliphatic rings. The van der Waals surface area contributed by atoms with Crippen molar-refractivity contribution >= 4 is 11.8 Å². The number of piperazine rings is 1. The highest BCUT2D eigenvalue weighted by molar-refractivity contribution is 5.79. The lowest BCUT2D eigenvalue weighted by molar-refractivity contribution is 0.312. The molecule has 2 aromatic heterocycles. The van der Waals surface area contributed by atoms with E-state index < -0.39 is 0 Å². The lowest BCUT2D eigenvalue weighted by Crippen LogP contribution is -2.44. The molecule has 0 atom stereocenters. The Morgan fingerprint density at radius 2 is 1.93 bits per heavy atom. The number of nitrogens with one attached hydrogen (secondary N) is 2. The molecule has 152 valence electrons. The molecule has 0 unspecified atom stereocenters. The monoisotopic (exact) mass is 385 g/mol. The Kier molecular flexibility index (Phi) is 6.86. The SMILES string of the molecule is CN=C(NCc1ccc(N2CCN(C)CC2)nc1)NCc1cc(C(C)C)no1. The molecule has 1 aliphatic heterocycles. The van der Waals surface area contributed by atoms with Crippen molar-refractivity contribution in [3.05, 3.63) is 41.4 Å². The summed E-state index contributed by atoms with van der Waals surface area (Å²) in [6.45, 7) is 9.60. The van der Waals surface area contributed by atoms with E-state index in [0.29, 0.717) is 25.0 Å². The third kappa shape index (κ3) is 5.45. The summed E-state index contributed by atoms with van der Waals surface area (Å²) in [6, 6.07) is 6.19. The van der Waals surface area contributed by atoms with Crippen molar-refractivity contribution in [1.29, 1.82) is 0 Å². The molecule has 3 heterocycles. The molecule has 3 rings (SSSR count). The Morgan fingerprint density at radius 1 is 1.18 bits per heavy atom. The largest absolute Gasteiger partial charge is 0.359 e. The minimum atomic E-state index is 0.358. The van der Waals surface area contributed by atoms with Crippen molar-refractivity contribution in [2.24, 2.45) is 4.99 Å². The Hall–Kier alpha value is -2.61. The number of likely N-dealkylation sites (N-methyl/N-ethyl adjacent to an activating group) is 1. The summed E-state index contributed by atoms with van der Waals surface area (Å²) < 4.78 is 5.35. The molecule has 8 nitrogen and oxygen atoms in total. The van der Waals surface area contributed by atoms with Crippen LogP contribution in [-0.2, 0) is 13.1 Å². The Morgan fingerprint density at radius 3 is 2.54 bits per heavy atom. The molecule has 0 aliphatic carbocycles. The highest BCUT2D eigenvalue weighted by atomic mass is 16.5. The van der Waals surface area contributed by atoms with E-state index >= 15 is 0 Å². The second-order valence-corrected chi connectivity index (χ2v) is 7.47. The lowest BCUT2D eigenvalue weighted by atomic mass is 10.1. The maximum absolute atomic E-state index is 5.35. The Bertz CT molecular complexity index is 761. The van der Waals surface area contributed by atoms with E-state index in [1.807, 2.05) is 12.3 Å². The van der Waals surface area contributed by atoms with Crippen LogP contribution in [0.25, 0.3) is 0 Å². The normalized spacial score (nSPS) is 15.9. The van der Waals surface area contributed by atoms with Gasteiger partial charge in [0.05, 0.1) is 12.2 Å². The van der Waals surface area contributed by atoms with Crippen LogP contribution in [0.2, 0.25) is 0 Å². The van der Waals surface area contributed by atoms with Crippen molar-refractivity contribution in [1.82, 2.24) is 25.7 Å². The third-order valence-electron chi connectivity index (χ3n) is 4.92. The maximum Gasteiger partial charge on any atom is 0.191 e. The van der Waals surface area contributed by atoms with Crippen LogP contribution < -0.4 is 15.5 Å². The first-order valence-electron chi connectivity index (χ1n) is 9.83. The number of aromatic nitrogens is 2. The first-order chi connectivity index (χ1) is 13.5. The minimum absolute atomic E-state index is 0.358. The zero-order chi connectivity index (χ0) is 19.9. The summed E-state index contributed by atoms with van der Waals surface area (Å²) in [6.07, 6.45) is 1.93. The summed E-state index contributed by atoms with van der Waals surface area (Å²) in [7, 11) is 3.91. The Labute approximate surface area is 167 Å². The average molecular weight is 386 g/mol. The number of aliphatic imine (C=N–C) groups is 1. The van der Waals surface area contributed by atoms with Gasteiger partial charge in [0.2, 0.25) is 0 Å². The average Bonchev–Trinajstić information content (AvgIpc) is 3.19. The molecule has 0 radical (unpaired) electrons. The molecule has 0 spiro atoms. The number of rotatable bonds is 6. The van der Waals surface area contributed by atoms with Crippen molar-refractivity contribution in [3.63, 3.8) is 0 Å². The molecular formula is C20H31N7O. The van der Waals surface area contributed by atoms with E-state index in [1.54, 1.807) is 7.05 Å². The highest BCUT2D eigenvalue weighted by Gasteiger charge is 2.15. The smallest absolute Gasteiger partial charge is 0.191 e. The van der Waals surface area contributed by atoms with E-state index in [-0.39, 0.29) is 0 Å². The van der Waals surface area contributed by atoms with Gasteiger partial charge in [-0.25, -0.2) is 4.98 Å². The quantitative estimate of drug-likeness (QED) is 0.580. The summed E-state index contributed by atoms with van der Waals surface area (Å²) in [5.41, 5.74) is 2.08. The molecule has 1 saturated heterocycles. The van der Waals surface area contributed by atoms with E-state index in [4.69, 9.17) is 4.52 Å². The number of hydrogen-bond donors (Lipinski definition) is 2. The van der Waals surface area contributed by atoms with Crippen LogP contribution in [0.15, 0.2) is 33.9 Å². The zero-order valence-corrected chi connectivity index (χ0v) is 17.3. The molecule has 0 saturated carbocycles. The molecule has 0 aromatic carbocycles. The fourth-order valence-corrected chi connectivity index (χ4v) is 3.01. The van der Waals surface area contributed by atoms with Gasteiger partial charge in [-0.3, -0.25) is 4.99 Å². The van der Waals surface area contributed by atoms with Crippen LogP contribution in [-0.4, -0.2) is 61.3 Å². The molecule has 8 heteroatoms. The van der Waals surface area contributed by atoms with E-state index in [9.17, 15) is 0 Å². The van der Waals surface area contributed by atoms with Gasteiger partial charge >= 0.3 is 0 Å². The molecule has 28 heavy (non-hydrogen) atoms. The van der Waals surface area contributed by atoms with Gasteiger partial charge in [0.1, 0.15) is 5.82 Å². The molecule has 1 fully saturated rings. The van der Waals surface area contributed by atoms with Crippen LogP contribution in [0.1, 0.15) is 36.8 Å². The standard InChI is InChI=1S/C20H31N7O/c1-15(2)18-11-17(28-25-18)14-24-20(21-3)23-13-16-5-6-19(22-12-16)27-9-7-26(4)8-10-27/h5-6,11-12,15H,7-10,13-14H2,1-4H3,(H2,21,23,24). The fourth-order valence-electron chi connectivity index (χ4n) is 3.01. The first-order valence-corrected chi connectivity index (χ1v) is 9.83. The summed E-state index contributed by atoms with van der Waals surface area (Å²) in [5, 5.41) is 10.6. The molecule has 0 bridgehead atoms. The summed E-state index contributed by atoms with van der Waals surface area (Å²) in [5.74, 6) is 2.91. The van der Waals surface area contributed by atoms with Crippen LogP contribution in [0.4, 0.5) is 5.82 Å². The van der Waals surface area contributed by atoms with Gasteiger partial charge in [-0.2, -0.15) is 0 Å². The predicted molar refractivity (Wildman–Crippen MR) is 112 cm³/mol. The molecule has 2 aromatic rings. The van der Waals surface area contributed by atoms with Gasteiger partial charge < -0.3 is 25.0 Å². The first kappa shape index (κ1) is 20.1. The second-order valence-electron chi connectivity index (χ2n) is 7.47. The van der Waals surface area contributed by atoms with Crippen LogP contribution in [0.5, 0.6) is 0 Å². The van der Waals surface area contributed by atoms with Crippen LogP contribution in [0, 0.1) is 0 Å². The summed E-state index contributed by atoms with van der Waals surface area (Å²) >= 11 is 0. The van der Waals surface area contributed by atoms with Gasteiger partial charge in [-0.15, -0.1) is 0 Å². The number of hydrogen-bond acceptors (Lipinski definition) is 6. The predicted octanol–water partition coefficient (Wildman–Crippen LogP) is 1.81. The second kappa shape index (κ2) is 9.54. The van der Waals surface area contributed by atoms with Crippen molar-refractivity contribution in [2.75, 3.05) is 45.2 Å². The zero-order valence-electron chi connectivity index (χ0n) is 17.3. The third-order valence-corrected chi connectivity index (χ3v) is 4.92. The molecular weight excluding hydrogens is 354 g/mol. The maximum atomic E-state index is 5.35. The van der Waals surface area contributed by atoms with Crippen molar-refractivity contribution < 1.29 is 4.52 Å².